The Morgan fingerprint density at radius 2 is 1.83 bits per heavy atom. The van der Waals surface area contributed by atoms with Crippen molar-refractivity contribution in [1.29, 1.82) is 0 Å². The van der Waals surface area contributed by atoms with Crippen LogP contribution in [0, 0.1) is 5.92 Å². The van der Waals surface area contributed by atoms with Crippen LogP contribution < -0.4 is 5.32 Å². The first-order chi connectivity index (χ1) is 11.3. The smallest absolute Gasteiger partial charge is 0.326 e. The summed E-state index contributed by atoms with van der Waals surface area (Å²) in [5.74, 6) is -2.76. The van der Waals surface area contributed by atoms with Gasteiger partial charge in [-0.3, -0.25) is 4.79 Å². The van der Waals surface area contributed by atoms with Crippen molar-refractivity contribution < 1.29 is 28.0 Å². The highest BCUT2D eigenvalue weighted by molar-refractivity contribution is 5.96. The predicted octanol–water partition coefficient (Wildman–Crippen LogP) is 2.51. The molecule has 0 bridgehead atoms. The Labute approximate surface area is 135 Å². The van der Waals surface area contributed by atoms with Gasteiger partial charge in [0, 0.05) is 11.1 Å². The molecule has 128 valence electrons. The van der Waals surface area contributed by atoms with E-state index in [-0.39, 0.29) is 17.3 Å². The number of carbonyl (C=O) groups excluding carboxylic acids is 1. The molecule has 0 saturated carbocycles. The lowest BCUT2D eigenvalue weighted by Gasteiger charge is -2.17. The number of halogens is 2. The lowest BCUT2D eigenvalue weighted by atomic mass is 10.0. The van der Waals surface area contributed by atoms with E-state index >= 15 is 0 Å². The summed E-state index contributed by atoms with van der Waals surface area (Å²) in [5, 5.41) is 14.9. The van der Waals surface area contributed by atoms with E-state index in [0.717, 1.165) is 0 Å². The third-order valence-corrected chi connectivity index (χ3v) is 3.25. The van der Waals surface area contributed by atoms with Gasteiger partial charge < -0.3 is 14.9 Å². The van der Waals surface area contributed by atoms with Gasteiger partial charge in [0.2, 0.25) is 5.82 Å². The summed E-state index contributed by atoms with van der Waals surface area (Å²) in [6, 6.07) is 4.74. The number of benzene rings is 1. The van der Waals surface area contributed by atoms with E-state index in [1.807, 2.05) is 0 Å². The van der Waals surface area contributed by atoms with E-state index in [2.05, 4.69) is 20.0 Å². The predicted molar refractivity (Wildman–Crippen MR) is 78.4 cm³/mol. The Morgan fingerprint density at radius 1 is 1.21 bits per heavy atom. The van der Waals surface area contributed by atoms with E-state index in [0.29, 0.717) is 5.56 Å². The molecule has 1 amide bonds. The van der Waals surface area contributed by atoms with Crippen LogP contribution in [-0.2, 0) is 4.79 Å². The summed E-state index contributed by atoms with van der Waals surface area (Å²) in [6.07, 6.45) is -2.86. The largest absolute Gasteiger partial charge is 0.480 e. The highest BCUT2D eigenvalue weighted by atomic mass is 19.3. The Hall–Kier alpha value is -2.84. The second kappa shape index (κ2) is 7.16. The number of aromatic nitrogens is 2. The molecule has 0 fully saturated rings. The van der Waals surface area contributed by atoms with Crippen LogP contribution in [0.25, 0.3) is 11.4 Å². The molecule has 0 spiro atoms. The Bertz CT molecular complexity index is 729. The van der Waals surface area contributed by atoms with Crippen molar-refractivity contribution in [2.24, 2.45) is 5.92 Å². The molecule has 9 heteroatoms. The molecule has 7 nitrogen and oxygen atoms in total. The Morgan fingerprint density at radius 3 is 2.29 bits per heavy atom. The highest BCUT2D eigenvalue weighted by Crippen LogP contribution is 2.21. The maximum absolute atomic E-state index is 12.4. The van der Waals surface area contributed by atoms with Crippen LogP contribution in [0.5, 0.6) is 0 Å². The van der Waals surface area contributed by atoms with Crippen molar-refractivity contribution in [1.82, 2.24) is 15.5 Å². The molecule has 2 N–H and O–H groups in total. The minimum Gasteiger partial charge on any atom is -0.480 e. The standard InChI is InChI=1S/C15H15F2N3O4/c1-7(2)10(15(22)23)18-13(21)9-5-3-8(4-6-9)12-19-14(11(16)17)24-20-12/h3-7,10-11H,1-2H3,(H,18,21)(H,22,23)/t10-/m0/s1. The number of carbonyl (C=O) groups is 2. The van der Waals surface area contributed by atoms with Crippen molar-refractivity contribution in [2.75, 3.05) is 0 Å². The van der Waals surface area contributed by atoms with Crippen LogP contribution in [0.15, 0.2) is 28.8 Å². The molecule has 1 heterocycles. The van der Waals surface area contributed by atoms with Crippen molar-refractivity contribution >= 4 is 11.9 Å². The number of aliphatic carboxylic acids is 1. The first-order valence-electron chi connectivity index (χ1n) is 7.05. The maximum Gasteiger partial charge on any atom is 0.326 e. The van der Waals surface area contributed by atoms with Gasteiger partial charge in [-0.05, 0) is 18.1 Å². The third kappa shape index (κ3) is 3.92. The molecule has 24 heavy (non-hydrogen) atoms. The number of amides is 1. The van der Waals surface area contributed by atoms with Crippen LogP contribution in [-0.4, -0.2) is 33.2 Å². The van der Waals surface area contributed by atoms with Gasteiger partial charge in [0.05, 0.1) is 0 Å². The van der Waals surface area contributed by atoms with Gasteiger partial charge in [0.1, 0.15) is 6.04 Å². The van der Waals surface area contributed by atoms with Crippen LogP contribution in [0.4, 0.5) is 8.78 Å². The zero-order valence-corrected chi connectivity index (χ0v) is 12.9. The van der Waals surface area contributed by atoms with Crippen LogP contribution in [0.3, 0.4) is 0 Å². The second-order valence-corrected chi connectivity index (χ2v) is 5.37. The number of nitrogens with zero attached hydrogens (tertiary/aromatic N) is 2. The fraction of sp³-hybridized carbons (Fsp3) is 0.333. The van der Waals surface area contributed by atoms with Crippen LogP contribution in [0.2, 0.25) is 0 Å². The number of carboxylic acid groups (broad SMARTS) is 1. The summed E-state index contributed by atoms with van der Waals surface area (Å²) < 4.78 is 29.2. The number of hydrogen-bond donors (Lipinski definition) is 2. The van der Waals surface area contributed by atoms with Gasteiger partial charge in [-0.15, -0.1) is 0 Å². The maximum atomic E-state index is 12.4. The summed E-state index contributed by atoms with van der Waals surface area (Å²) in [6.45, 7) is 3.36. The molecule has 0 aliphatic heterocycles. The number of hydrogen-bond acceptors (Lipinski definition) is 5. The molecule has 0 aliphatic carbocycles. The molecule has 1 atom stereocenters. The van der Waals surface area contributed by atoms with Crippen molar-refractivity contribution in [3.8, 4) is 11.4 Å². The summed E-state index contributed by atoms with van der Waals surface area (Å²) in [4.78, 5) is 26.7. The zero-order valence-electron chi connectivity index (χ0n) is 12.9. The monoisotopic (exact) mass is 339 g/mol. The first kappa shape index (κ1) is 17.5. The molecular formula is C15H15F2N3O4. The molecular weight excluding hydrogens is 324 g/mol. The highest BCUT2D eigenvalue weighted by Gasteiger charge is 2.24. The topological polar surface area (TPSA) is 105 Å². The lowest BCUT2D eigenvalue weighted by Crippen LogP contribution is -2.44. The van der Waals surface area contributed by atoms with E-state index in [1.54, 1.807) is 13.8 Å². The molecule has 0 saturated heterocycles. The lowest BCUT2D eigenvalue weighted by molar-refractivity contribution is -0.140. The molecule has 0 aliphatic rings. The van der Waals surface area contributed by atoms with Gasteiger partial charge >= 0.3 is 12.4 Å². The number of alkyl halides is 2. The SMILES string of the molecule is CC(C)[C@H](NC(=O)c1ccc(-c2noc(C(F)F)n2)cc1)C(=O)O. The van der Waals surface area contributed by atoms with Gasteiger partial charge in [0.25, 0.3) is 11.8 Å². The third-order valence-electron chi connectivity index (χ3n) is 3.25. The van der Waals surface area contributed by atoms with Gasteiger partial charge in [0.15, 0.2) is 0 Å². The van der Waals surface area contributed by atoms with E-state index in [1.165, 1.54) is 24.3 Å². The molecule has 2 rings (SSSR count). The molecule has 2 aromatic rings. The quantitative estimate of drug-likeness (QED) is 0.838. The van der Waals surface area contributed by atoms with E-state index in [4.69, 9.17) is 5.11 Å². The van der Waals surface area contributed by atoms with E-state index < -0.39 is 30.2 Å². The minimum absolute atomic E-state index is 0.0251. The fourth-order valence-electron chi connectivity index (χ4n) is 1.95. The average Bonchev–Trinajstić information content (AvgIpc) is 3.02. The number of carboxylic acids is 1. The summed E-state index contributed by atoms with van der Waals surface area (Å²) in [7, 11) is 0. The number of rotatable bonds is 6. The average molecular weight is 339 g/mol. The minimum atomic E-state index is -2.86. The van der Waals surface area contributed by atoms with Gasteiger partial charge in [-0.25, -0.2) is 4.79 Å². The molecule has 1 aromatic carbocycles. The Kier molecular flexibility index (Phi) is 5.22. The van der Waals surface area contributed by atoms with Crippen LogP contribution in [0.1, 0.15) is 36.5 Å². The molecule has 0 unspecified atom stereocenters. The van der Waals surface area contributed by atoms with Crippen LogP contribution >= 0.6 is 0 Å². The summed E-state index contributed by atoms with van der Waals surface area (Å²) >= 11 is 0. The normalized spacial score (nSPS) is 12.4. The molecule has 0 radical (unpaired) electrons. The summed E-state index contributed by atoms with van der Waals surface area (Å²) in [5.41, 5.74) is 0.615. The zero-order chi connectivity index (χ0) is 17.9. The van der Waals surface area contributed by atoms with Gasteiger partial charge in [-0.1, -0.05) is 31.1 Å². The van der Waals surface area contributed by atoms with Crippen molar-refractivity contribution in [2.45, 2.75) is 26.3 Å². The van der Waals surface area contributed by atoms with E-state index in [9.17, 15) is 18.4 Å². The van der Waals surface area contributed by atoms with Crippen molar-refractivity contribution in [3.05, 3.63) is 35.7 Å². The molecule has 1 aromatic heterocycles. The Balaban J connectivity index is 2.13. The number of nitrogens with one attached hydrogen (secondary N) is 1. The first-order valence-corrected chi connectivity index (χ1v) is 7.05. The van der Waals surface area contributed by atoms with Crippen molar-refractivity contribution in [3.63, 3.8) is 0 Å². The fourth-order valence-corrected chi connectivity index (χ4v) is 1.95. The van der Waals surface area contributed by atoms with Gasteiger partial charge in [-0.2, -0.15) is 13.8 Å². The second-order valence-electron chi connectivity index (χ2n) is 5.37.